The van der Waals surface area contributed by atoms with Gasteiger partial charge in [-0.15, -0.1) is 0 Å². The van der Waals surface area contributed by atoms with Gasteiger partial charge in [-0.1, -0.05) is 36.4 Å². The summed E-state index contributed by atoms with van der Waals surface area (Å²) in [6.07, 6.45) is 1.58. The minimum absolute atomic E-state index is 0.0243. The zero-order valence-corrected chi connectivity index (χ0v) is 17.0. The summed E-state index contributed by atoms with van der Waals surface area (Å²) in [5.74, 6) is 1.05. The van der Waals surface area contributed by atoms with Crippen LogP contribution in [0.15, 0.2) is 81.2 Å². The van der Waals surface area contributed by atoms with Crippen LogP contribution in [0.2, 0.25) is 0 Å². The Kier molecular flexibility index (Phi) is 7.02. The van der Waals surface area contributed by atoms with Crippen LogP contribution in [0, 0.1) is 0 Å². The SMILES string of the molecule is CCNC(=NCc1coc(-c2ccccc2)n1)NCCS(=O)(=O)c1ccccc1. The lowest BCUT2D eigenvalue weighted by Gasteiger charge is -2.11. The van der Waals surface area contributed by atoms with Crippen LogP contribution in [0.5, 0.6) is 0 Å². The summed E-state index contributed by atoms with van der Waals surface area (Å²) in [5.41, 5.74) is 1.59. The number of aromatic nitrogens is 1. The van der Waals surface area contributed by atoms with Crippen LogP contribution in [-0.2, 0) is 16.4 Å². The van der Waals surface area contributed by atoms with E-state index in [0.29, 0.717) is 35.5 Å². The Morgan fingerprint density at radius 3 is 2.41 bits per heavy atom. The van der Waals surface area contributed by atoms with E-state index in [9.17, 15) is 8.42 Å². The average molecular weight is 413 g/mol. The monoisotopic (exact) mass is 412 g/mol. The van der Waals surface area contributed by atoms with Crippen molar-refractivity contribution < 1.29 is 12.8 Å². The smallest absolute Gasteiger partial charge is 0.226 e. The molecule has 2 N–H and O–H groups in total. The standard InChI is InChI=1S/C21H24N4O3S/c1-2-22-21(23-13-14-29(26,27)19-11-7-4-8-12-19)24-15-18-16-28-20(25-18)17-9-5-3-6-10-17/h3-12,16H,2,13-15H2,1H3,(H2,22,23,24). The van der Waals surface area contributed by atoms with Crippen LogP contribution in [0.4, 0.5) is 0 Å². The van der Waals surface area contributed by atoms with Gasteiger partial charge in [-0.3, -0.25) is 0 Å². The summed E-state index contributed by atoms with van der Waals surface area (Å²) in [6, 6.07) is 18.1. The topological polar surface area (TPSA) is 96.6 Å². The van der Waals surface area contributed by atoms with Crippen molar-refractivity contribution in [2.24, 2.45) is 4.99 Å². The zero-order valence-electron chi connectivity index (χ0n) is 16.2. The fraction of sp³-hybridized carbons (Fsp3) is 0.238. The largest absolute Gasteiger partial charge is 0.444 e. The molecule has 0 spiro atoms. The van der Waals surface area contributed by atoms with Crippen molar-refractivity contribution in [3.63, 3.8) is 0 Å². The summed E-state index contributed by atoms with van der Waals surface area (Å²) in [5, 5.41) is 6.16. The van der Waals surface area contributed by atoms with Gasteiger partial charge in [0.1, 0.15) is 12.0 Å². The van der Waals surface area contributed by atoms with Gasteiger partial charge < -0.3 is 15.1 Å². The van der Waals surface area contributed by atoms with Crippen molar-refractivity contribution in [3.8, 4) is 11.5 Å². The van der Waals surface area contributed by atoms with Gasteiger partial charge in [-0.2, -0.15) is 0 Å². The minimum atomic E-state index is -3.34. The van der Waals surface area contributed by atoms with E-state index in [0.717, 1.165) is 5.56 Å². The number of hydrogen-bond acceptors (Lipinski definition) is 5. The predicted octanol–water partition coefficient (Wildman–Crippen LogP) is 2.87. The molecule has 8 heteroatoms. The van der Waals surface area contributed by atoms with Gasteiger partial charge in [-0.05, 0) is 31.2 Å². The van der Waals surface area contributed by atoms with Crippen molar-refractivity contribution >= 4 is 15.8 Å². The number of hydrogen-bond donors (Lipinski definition) is 2. The zero-order chi connectivity index (χ0) is 20.5. The summed E-state index contributed by atoms with van der Waals surface area (Å²) in [6.45, 7) is 3.17. The first-order valence-corrected chi connectivity index (χ1v) is 11.0. The molecule has 2 aromatic carbocycles. The molecule has 0 saturated heterocycles. The van der Waals surface area contributed by atoms with Gasteiger partial charge in [-0.25, -0.2) is 18.4 Å². The number of nitrogens with zero attached hydrogens (tertiary/aromatic N) is 2. The molecule has 0 aliphatic rings. The Balaban J connectivity index is 1.58. The van der Waals surface area contributed by atoms with Crippen molar-refractivity contribution in [1.29, 1.82) is 0 Å². The Bertz CT molecular complexity index is 1030. The normalized spacial score (nSPS) is 12.0. The lowest BCUT2D eigenvalue weighted by molar-refractivity contribution is 0.572. The first-order chi connectivity index (χ1) is 14.1. The highest BCUT2D eigenvalue weighted by Crippen LogP contribution is 2.18. The quantitative estimate of drug-likeness (QED) is 0.436. The maximum atomic E-state index is 12.4. The van der Waals surface area contributed by atoms with E-state index in [2.05, 4.69) is 20.6 Å². The highest BCUT2D eigenvalue weighted by atomic mass is 32.2. The second kappa shape index (κ2) is 9.88. The van der Waals surface area contributed by atoms with Gasteiger partial charge in [0, 0.05) is 18.7 Å². The van der Waals surface area contributed by atoms with Crippen LogP contribution in [-0.4, -0.2) is 38.2 Å². The van der Waals surface area contributed by atoms with Crippen LogP contribution in [0.25, 0.3) is 11.5 Å². The van der Waals surface area contributed by atoms with Gasteiger partial charge >= 0.3 is 0 Å². The van der Waals surface area contributed by atoms with Crippen molar-refractivity contribution in [3.05, 3.63) is 72.6 Å². The highest BCUT2D eigenvalue weighted by Gasteiger charge is 2.13. The third kappa shape index (κ3) is 5.92. The molecule has 1 aromatic heterocycles. The molecule has 0 amide bonds. The molecule has 29 heavy (non-hydrogen) atoms. The number of benzene rings is 2. The Labute approximate surface area is 170 Å². The van der Waals surface area contributed by atoms with Gasteiger partial charge in [0.15, 0.2) is 15.8 Å². The van der Waals surface area contributed by atoms with Gasteiger partial charge in [0.05, 0.1) is 17.2 Å². The predicted molar refractivity (Wildman–Crippen MR) is 113 cm³/mol. The lowest BCUT2D eigenvalue weighted by atomic mass is 10.2. The molecule has 7 nitrogen and oxygen atoms in total. The molecular weight excluding hydrogens is 388 g/mol. The molecule has 3 aromatic rings. The molecule has 152 valence electrons. The molecule has 0 radical (unpaired) electrons. The number of oxazole rings is 1. The van der Waals surface area contributed by atoms with E-state index in [-0.39, 0.29) is 12.3 Å². The van der Waals surface area contributed by atoms with E-state index in [4.69, 9.17) is 4.42 Å². The molecule has 0 fully saturated rings. The van der Waals surface area contributed by atoms with Gasteiger partial charge in [0.25, 0.3) is 0 Å². The van der Waals surface area contributed by atoms with Crippen LogP contribution >= 0.6 is 0 Å². The third-order valence-corrected chi connectivity index (χ3v) is 5.81. The molecule has 0 atom stereocenters. The maximum Gasteiger partial charge on any atom is 0.226 e. The third-order valence-electron chi connectivity index (χ3n) is 4.08. The second-order valence-electron chi connectivity index (χ2n) is 6.26. The number of aliphatic imine (C=N–C) groups is 1. The Hall–Kier alpha value is -3.13. The second-order valence-corrected chi connectivity index (χ2v) is 8.37. The molecule has 0 saturated carbocycles. The number of sulfone groups is 1. The van der Waals surface area contributed by atoms with Crippen molar-refractivity contribution in [2.75, 3.05) is 18.8 Å². The van der Waals surface area contributed by atoms with Crippen LogP contribution < -0.4 is 10.6 Å². The molecule has 0 unspecified atom stereocenters. The first kappa shape index (κ1) is 20.6. The van der Waals surface area contributed by atoms with Crippen molar-refractivity contribution in [2.45, 2.75) is 18.4 Å². The minimum Gasteiger partial charge on any atom is -0.444 e. The Morgan fingerprint density at radius 1 is 1.03 bits per heavy atom. The Morgan fingerprint density at radius 2 is 1.72 bits per heavy atom. The van der Waals surface area contributed by atoms with E-state index >= 15 is 0 Å². The van der Waals surface area contributed by atoms with Crippen molar-refractivity contribution in [1.82, 2.24) is 15.6 Å². The summed E-state index contributed by atoms with van der Waals surface area (Å²) in [7, 11) is -3.34. The number of nitrogens with one attached hydrogen (secondary N) is 2. The van der Waals surface area contributed by atoms with Crippen LogP contribution in [0.1, 0.15) is 12.6 Å². The van der Waals surface area contributed by atoms with E-state index in [1.165, 1.54) is 0 Å². The summed E-state index contributed by atoms with van der Waals surface area (Å²) < 4.78 is 30.2. The molecule has 1 heterocycles. The summed E-state index contributed by atoms with van der Waals surface area (Å²) in [4.78, 5) is 9.23. The fourth-order valence-corrected chi connectivity index (χ4v) is 3.82. The van der Waals surface area contributed by atoms with Gasteiger partial charge in [0.2, 0.25) is 5.89 Å². The van der Waals surface area contributed by atoms with E-state index in [1.54, 1.807) is 36.6 Å². The summed E-state index contributed by atoms with van der Waals surface area (Å²) >= 11 is 0. The first-order valence-electron chi connectivity index (χ1n) is 9.38. The maximum absolute atomic E-state index is 12.4. The van der Waals surface area contributed by atoms with E-state index in [1.807, 2.05) is 37.3 Å². The highest BCUT2D eigenvalue weighted by molar-refractivity contribution is 7.91. The molecule has 0 bridgehead atoms. The fourth-order valence-electron chi connectivity index (χ4n) is 2.64. The number of guanidine groups is 1. The molecule has 0 aliphatic heterocycles. The van der Waals surface area contributed by atoms with Crippen LogP contribution in [0.3, 0.4) is 0 Å². The molecule has 0 aliphatic carbocycles. The molecular formula is C21H24N4O3S. The lowest BCUT2D eigenvalue weighted by Crippen LogP contribution is -2.39. The molecule has 3 rings (SSSR count). The number of rotatable bonds is 8. The average Bonchev–Trinajstić information content (AvgIpc) is 3.22. The van der Waals surface area contributed by atoms with E-state index < -0.39 is 9.84 Å².